The molecule has 0 aromatic heterocycles. The minimum Gasteiger partial charge on any atom is -0.481 e. The Morgan fingerprint density at radius 3 is 2.19 bits per heavy atom. The Balaban J connectivity index is 2.69. The molecule has 0 aliphatic rings. The van der Waals surface area contributed by atoms with Gasteiger partial charge in [0.15, 0.2) is 0 Å². The average molecular weight is 292 g/mol. The standard InChI is InChI=1S/C17H24O4/c1-5-17(4,14(18)19)12-16(2,3)15(20)21-11-13-9-7-6-8-10-13/h6-10H,5,11-12H2,1-4H3,(H,18,19). The molecular formula is C17H24O4. The number of carbonyl (C=O) groups is 2. The monoisotopic (exact) mass is 292 g/mol. The molecule has 0 saturated heterocycles. The molecule has 0 aliphatic heterocycles. The third-order valence-electron chi connectivity index (χ3n) is 3.89. The van der Waals surface area contributed by atoms with Gasteiger partial charge in [-0.25, -0.2) is 0 Å². The van der Waals surface area contributed by atoms with E-state index in [-0.39, 0.29) is 19.0 Å². The molecule has 0 radical (unpaired) electrons. The summed E-state index contributed by atoms with van der Waals surface area (Å²) in [5, 5.41) is 9.33. The molecule has 0 bridgehead atoms. The van der Waals surface area contributed by atoms with Crippen molar-refractivity contribution >= 4 is 11.9 Å². The molecule has 21 heavy (non-hydrogen) atoms. The van der Waals surface area contributed by atoms with E-state index < -0.39 is 16.8 Å². The lowest BCUT2D eigenvalue weighted by atomic mass is 9.72. The fraction of sp³-hybridized carbons (Fsp3) is 0.529. The van der Waals surface area contributed by atoms with Crippen molar-refractivity contribution in [3.05, 3.63) is 35.9 Å². The summed E-state index contributed by atoms with van der Waals surface area (Å²) in [7, 11) is 0. The maximum Gasteiger partial charge on any atom is 0.311 e. The molecule has 1 aromatic rings. The summed E-state index contributed by atoms with van der Waals surface area (Å²) in [4.78, 5) is 23.6. The van der Waals surface area contributed by atoms with Crippen molar-refractivity contribution in [1.82, 2.24) is 0 Å². The number of esters is 1. The van der Waals surface area contributed by atoms with E-state index in [4.69, 9.17) is 4.74 Å². The van der Waals surface area contributed by atoms with Gasteiger partial charge in [-0.2, -0.15) is 0 Å². The minimum absolute atomic E-state index is 0.207. The number of benzene rings is 1. The minimum atomic E-state index is -0.921. The van der Waals surface area contributed by atoms with Crippen molar-refractivity contribution in [2.75, 3.05) is 0 Å². The Labute approximate surface area is 126 Å². The molecule has 0 amide bonds. The molecule has 116 valence electrons. The summed E-state index contributed by atoms with van der Waals surface area (Å²) < 4.78 is 5.33. The average Bonchev–Trinajstić information content (AvgIpc) is 2.45. The Morgan fingerprint density at radius 1 is 1.14 bits per heavy atom. The summed E-state index contributed by atoms with van der Waals surface area (Å²) in [6.07, 6.45) is 0.719. The lowest BCUT2D eigenvalue weighted by molar-refractivity contribution is -0.161. The van der Waals surface area contributed by atoms with Crippen LogP contribution in [0, 0.1) is 10.8 Å². The van der Waals surface area contributed by atoms with Gasteiger partial charge in [-0.15, -0.1) is 0 Å². The molecule has 4 nitrogen and oxygen atoms in total. The van der Waals surface area contributed by atoms with Gasteiger partial charge < -0.3 is 9.84 Å². The summed E-state index contributed by atoms with van der Waals surface area (Å²) in [6, 6.07) is 9.43. The number of rotatable bonds is 7. The molecule has 0 aliphatic carbocycles. The quantitative estimate of drug-likeness (QED) is 0.779. The van der Waals surface area contributed by atoms with Gasteiger partial charge >= 0.3 is 11.9 Å². The summed E-state index contributed by atoms with van der Waals surface area (Å²) >= 11 is 0. The van der Waals surface area contributed by atoms with Crippen LogP contribution in [0.3, 0.4) is 0 Å². The van der Waals surface area contributed by atoms with Gasteiger partial charge in [-0.1, -0.05) is 37.3 Å². The van der Waals surface area contributed by atoms with Crippen molar-refractivity contribution in [1.29, 1.82) is 0 Å². The first-order valence-electron chi connectivity index (χ1n) is 7.16. The van der Waals surface area contributed by atoms with Crippen molar-refractivity contribution in [2.45, 2.75) is 47.1 Å². The molecule has 1 atom stereocenters. The first kappa shape index (κ1) is 17.2. The number of ether oxygens (including phenoxy) is 1. The van der Waals surface area contributed by atoms with Gasteiger partial charge in [0, 0.05) is 0 Å². The lowest BCUT2D eigenvalue weighted by Crippen LogP contribution is -2.37. The highest BCUT2D eigenvalue weighted by molar-refractivity contribution is 5.79. The molecule has 0 fully saturated rings. The lowest BCUT2D eigenvalue weighted by Gasteiger charge is -2.32. The zero-order valence-electron chi connectivity index (χ0n) is 13.2. The highest BCUT2D eigenvalue weighted by atomic mass is 16.5. The molecule has 1 rings (SSSR count). The fourth-order valence-corrected chi connectivity index (χ4v) is 2.32. The van der Waals surface area contributed by atoms with Crippen LogP contribution in [-0.2, 0) is 20.9 Å². The topological polar surface area (TPSA) is 63.6 Å². The van der Waals surface area contributed by atoms with E-state index in [1.807, 2.05) is 37.3 Å². The Hall–Kier alpha value is -1.84. The largest absolute Gasteiger partial charge is 0.481 e. The number of carboxylic acids is 1. The Kier molecular flexibility index (Phi) is 5.53. The van der Waals surface area contributed by atoms with Crippen molar-refractivity contribution < 1.29 is 19.4 Å². The third kappa shape index (κ3) is 4.59. The third-order valence-corrected chi connectivity index (χ3v) is 3.89. The van der Waals surface area contributed by atoms with E-state index in [1.54, 1.807) is 20.8 Å². The fourth-order valence-electron chi connectivity index (χ4n) is 2.32. The van der Waals surface area contributed by atoms with Gasteiger partial charge in [-0.05, 0) is 39.2 Å². The molecule has 1 unspecified atom stereocenters. The van der Waals surface area contributed by atoms with Gasteiger partial charge in [0.2, 0.25) is 0 Å². The second kappa shape index (κ2) is 6.74. The van der Waals surface area contributed by atoms with Crippen molar-refractivity contribution in [2.24, 2.45) is 10.8 Å². The van der Waals surface area contributed by atoms with Crippen LogP contribution in [0.1, 0.15) is 46.1 Å². The van der Waals surface area contributed by atoms with Crippen LogP contribution < -0.4 is 0 Å². The van der Waals surface area contributed by atoms with Gasteiger partial charge in [-0.3, -0.25) is 9.59 Å². The smallest absolute Gasteiger partial charge is 0.311 e. The van der Waals surface area contributed by atoms with E-state index in [0.717, 1.165) is 5.56 Å². The van der Waals surface area contributed by atoms with Gasteiger partial charge in [0.1, 0.15) is 6.61 Å². The van der Waals surface area contributed by atoms with Crippen LogP contribution in [0.2, 0.25) is 0 Å². The molecule has 0 saturated carbocycles. The van der Waals surface area contributed by atoms with E-state index in [2.05, 4.69) is 0 Å². The van der Waals surface area contributed by atoms with E-state index in [9.17, 15) is 14.7 Å². The molecule has 1 aromatic carbocycles. The van der Waals surface area contributed by atoms with Crippen molar-refractivity contribution in [3.63, 3.8) is 0 Å². The molecular weight excluding hydrogens is 268 g/mol. The van der Waals surface area contributed by atoms with Crippen LogP contribution in [0.15, 0.2) is 30.3 Å². The molecule has 0 heterocycles. The predicted molar refractivity (Wildman–Crippen MR) is 80.7 cm³/mol. The molecule has 0 spiro atoms. The van der Waals surface area contributed by atoms with Gasteiger partial charge in [0.05, 0.1) is 10.8 Å². The number of carbonyl (C=O) groups excluding carboxylic acids is 1. The highest BCUT2D eigenvalue weighted by Crippen LogP contribution is 2.37. The van der Waals surface area contributed by atoms with Gasteiger partial charge in [0.25, 0.3) is 0 Å². The molecule has 4 heteroatoms. The number of hydrogen-bond donors (Lipinski definition) is 1. The van der Waals surface area contributed by atoms with Crippen LogP contribution in [0.4, 0.5) is 0 Å². The van der Waals surface area contributed by atoms with E-state index in [1.165, 1.54) is 0 Å². The maximum absolute atomic E-state index is 12.2. The molecule has 1 N–H and O–H groups in total. The van der Waals surface area contributed by atoms with Crippen molar-refractivity contribution in [3.8, 4) is 0 Å². The highest BCUT2D eigenvalue weighted by Gasteiger charge is 2.41. The zero-order valence-corrected chi connectivity index (χ0v) is 13.2. The summed E-state index contributed by atoms with van der Waals surface area (Å²) in [5.41, 5.74) is -0.842. The number of aliphatic carboxylic acids is 1. The SMILES string of the molecule is CCC(C)(CC(C)(C)C(=O)OCc1ccccc1)C(=O)O. The zero-order chi connectivity index (χ0) is 16.1. The number of carboxylic acid groups (broad SMARTS) is 1. The predicted octanol–water partition coefficient (Wildman–Crippen LogP) is 3.65. The Morgan fingerprint density at radius 2 is 1.71 bits per heavy atom. The first-order chi connectivity index (χ1) is 9.71. The Bertz CT molecular complexity index is 493. The number of hydrogen-bond acceptors (Lipinski definition) is 3. The maximum atomic E-state index is 12.2. The first-order valence-corrected chi connectivity index (χ1v) is 7.16. The van der Waals surface area contributed by atoms with Crippen LogP contribution in [0.5, 0.6) is 0 Å². The van der Waals surface area contributed by atoms with E-state index >= 15 is 0 Å². The van der Waals surface area contributed by atoms with Crippen LogP contribution in [-0.4, -0.2) is 17.0 Å². The second-order valence-electron chi connectivity index (χ2n) is 6.34. The normalized spacial score (nSPS) is 14.3. The van der Waals surface area contributed by atoms with Crippen LogP contribution in [0.25, 0.3) is 0 Å². The second-order valence-corrected chi connectivity index (χ2v) is 6.34. The van der Waals surface area contributed by atoms with Crippen LogP contribution >= 0.6 is 0 Å². The summed E-state index contributed by atoms with van der Waals surface area (Å²) in [5.74, 6) is -1.25. The summed E-state index contributed by atoms with van der Waals surface area (Å²) in [6.45, 7) is 7.16. The van der Waals surface area contributed by atoms with E-state index in [0.29, 0.717) is 6.42 Å².